The van der Waals surface area contributed by atoms with Crippen LogP contribution in [0.3, 0.4) is 0 Å². The smallest absolute Gasteiger partial charge is 0.292 e. The van der Waals surface area contributed by atoms with Gasteiger partial charge in [0.25, 0.3) is 0 Å². The largest absolute Gasteiger partial charge is 0.437 e. The molecule has 0 radical (unpaired) electrons. The fourth-order valence-corrected chi connectivity index (χ4v) is 2.50. The number of amides is 1. The first-order valence-corrected chi connectivity index (χ1v) is 6.75. The highest BCUT2D eigenvalue weighted by Gasteiger charge is 2.31. The van der Waals surface area contributed by atoms with E-state index in [9.17, 15) is 9.36 Å². The number of hydrogen-bond donors (Lipinski definition) is 0. The van der Waals surface area contributed by atoms with Crippen molar-refractivity contribution >= 4 is 14.2 Å². The van der Waals surface area contributed by atoms with Crippen molar-refractivity contribution in [1.29, 1.82) is 0 Å². The predicted octanol–water partition coefficient (Wildman–Crippen LogP) is 2.43. The molecular weight excluding hydrogens is 217 g/mol. The van der Waals surface area contributed by atoms with Gasteiger partial charge in [-0.15, -0.1) is 0 Å². The van der Waals surface area contributed by atoms with Crippen LogP contribution in [-0.2, 0) is 18.4 Å². The molecule has 0 saturated carbocycles. The zero-order valence-electron chi connectivity index (χ0n) is 9.64. The molecule has 1 unspecified atom stereocenters. The topological polar surface area (TPSA) is 55.8 Å². The van der Waals surface area contributed by atoms with Gasteiger partial charge < -0.3 is 0 Å². The minimum atomic E-state index is -3.39. The van der Waals surface area contributed by atoms with Crippen molar-refractivity contribution in [2.24, 2.45) is 0 Å². The summed E-state index contributed by atoms with van der Waals surface area (Å²) in [5, 5.41) is 0. The molecule has 90 valence electrons. The van der Waals surface area contributed by atoms with Crippen LogP contribution in [0.5, 0.6) is 0 Å². The second-order valence-corrected chi connectivity index (χ2v) is 4.90. The predicted molar refractivity (Wildman–Crippen MR) is 58.5 cm³/mol. The Bertz CT molecular complexity index is 222. The number of hydrogen-bond acceptors (Lipinski definition) is 4. The highest BCUT2D eigenvalue weighted by molar-refractivity contribution is 7.51. The van der Waals surface area contributed by atoms with Gasteiger partial charge in [0, 0.05) is 6.54 Å². The fourth-order valence-electron chi connectivity index (χ4n) is 0.978. The number of rotatable bonds is 9. The summed E-state index contributed by atoms with van der Waals surface area (Å²) >= 11 is 0. The van der Waals surface area contributed by atoms with E-state index in [2.05, 4.69) is 0 Å². The van der Waals surface area contributed by atoms with Gasteiger partial charge in [-0.2, -0.15) is 0 Å². The average Bonchev–Trinajstić information content (AvgIpc) is 2.20. The van der Waals surface area contributed by atoms with Gasteiger partial charge in [0.15, 0.2) is 0 Å². The van der Waals surface area contributed by atoms with Crippen LogP contribution in [0.25, 0.3) is 0 Å². The molecule has 0 bridgehead atoms. The lowest BCUT2D eigenvalue weighted by Crippen LogP contribution is -2.21. The minimum Gasteiger partial charge on any atom is -0.292 e. The maximum absolute atomic E-state index is 12.1. The highest BCUT2D eigenvalue weighted by atomic mass is 31.2. The maximum Gasteiger partial charge on any atom is 0.437 e. The number of carbonyl (C=O) groups is 1. The second-order valence-electron chi connectivity index (χ2n) is 2.93. The zero-order valence-corrected chi connectivity index (χ0v) is 10.5. The van der Waals surface area contributed by atoms with Crippen LogP contribution in [0, 0.1) is 0 Å². The molecule has 0 fully saturated rings. The van der Waals surface area contributed by atoms with Gasteiger partial charge in [0.2, 0.25) is 6.41 Å². The second kappa shape index (κ2) is 7.85. The molecule has 1 amide bonds. The Morgan fingerprint density at radius 3 is 2.33 bits per heavy atom. The summed E-state index contributed by atoms with van der Waals surface area (Å²) in [5.41, 5.74) is 0. The summed E-state index contributed by atoms with van der Waals surface area (Å²) in [7, 11) is -3.39. The van der Waals surface area contributed by atoms with E-state index >= 15 is 0 Å². The van der Waals surface area contributed by atoms with Gasteiger partial charge in [0.1, 0.15) is 0 Å². The van der Waals surface area contributed by atoms with Gasteiger partial charge in [-0.05, 0) is 20.3 Å². The summed E-state index contributed by atoms with van der Waals surface area (Å²) in [5.74, 6) is 0. The third-order valence-corrected chi connectivity index (χ3v) is 3.90. The molecule has 0 N–H and O–H groups in total. The van der Waals surface area contributed by atoms with E-state index in [1.54, 1.807) is 13.8 Å². The fraction of sp³-hybridized carbons (Fsp3) is 0.889. The molecule has 0 aromatic carbocycles. The molecule has 0 saturated heterocycles. The molecule has 0 aliphatic carbocycles. The van der Waals surface area contributed by atoms with E-state index in [4.69, 9.17) is 9.05 Å². The lowest BCUT2D eigenvalue weighted by atomic mass is 10.4. The van der Waals surface area contributed by atoms with Crippen molar-refractivity contribution in [2.45, 2.75) is 33.6 Å². The lowest BCUT2D eigenvalue weighted by molar-refractivity contribution is -0.115. The van der Waals surface area contributed by atoms with Gasteiger partial charge >= 0.3 is 7.75 Å². The SMILES string of the molecule is CCCCOP(=O)(OCC)N(C=O)CC. The molecule has 0 rings (SSSR count). The first-order chi connectivity index (χ1) is 7.14. The van der Waals surface area contributed by atoms with E-state index < -0.39 is 7.75 Å². The van der Waals surface area contributed by atoms with Crippen LogP contribution < -0.4 is 0 Å². The molecule has 1 atom stereocenters. The summed E-state index contributed by atoms with van der Waals surface area (Å²) in [6, 6.07) is 0. The van der Waals surface area contributed by atoms with Crippen molar-refractivity contribution in [1.82, 2.24) is 4.67 Å². The first kappa shape index (κ1) is 14.6. The Kier molecular flexibility index (Phi) is 7.65. The standard InChI is InChI=1S/C9H20NO4P/c1-4-7-8-14-15(12,13-6-3)10(5-2)9-11/h9H,4-8H2,1-3H3. The summed E-state index contributed by atoms with van der Waals surface area (Å²) in [6.45, 7) is 6.36. The molecule has 15 heavy (non-hydrogen) atoms. The Morgan fingerprint density at radius 1 is 1.27 bits per heavy atom. The first-order valence-electron chi connectivity index (χ1n) is 5.26. The summed E-state index contributed by atoms with van der Waals surface area (Å²) in [6.07, 6.45) is 2.25. The van der Waals surface area contributed by atoms with E-state index in [1.165, 1.54) is 0 Å². The molecule has 0 spiro atoms. The van der Waals surface area contributed by atoms with Crippen LogP contribution in [0.4, 0.5) is 0 Å². The quantitative estimate of drug-likeness (QED) is 0.351. The normalized spacial score (nSPS) is 14.6. The van der Waals surface area contributed by atoms with Crippen LogP contribution in [0.2, 0.25) is 0 Å². The van der Waals surface area contributed by atoms with Crippen molar-refractivity contribution in [3.05, 3.63) is 0 Å². The van der Waals surface area contributed by atoms with Crippen molar-refractivity contribution < 1.29 is 18.4 Å². The monoisotopic (exact) mass is 237 g/mol. The van der Waals surface area contributed by atoms with Crippen molar-refractivity contribution in [2.75, 3.05) is 19.8 Å². The molecule has 0 aromatic heterocycles. The third kappa shape index (κ3) is 4.78. The average molecular weight is 237 g/mol. The van der Waals surface area contributed by atoms with Gasteiger partial charge in [-0.1, -0.05) is 13.3 Å². The number of nitrogens with zero attached hydrogens (tertiary/aromatic N) is 1. The van der Waals surface area contributed by atoms with Gasteiger partial charge in [0.05, 0.1) is 13.2 Å². The van der Waals surface area contributed by atoms with Gasteiger partial charge in [-0.25, -0.2) is 4.57 Å². The van der Waals surface area contributed by atoms with E-state index in [1.807, 2.05) is 6.92 Å². The lowest BCUT2D eigenvalue weighted by Gasteiger charge is -2.25. The van der Waals surface area contributed by atoms with Gasteiger partial charge in [-0.3, -0.25) is 18.5 Å². The molecule has 0 aliphatic rings. The van der Waals surface area contributed by atoms with E-state index in [0.29, 0.717) is 19.6 Å². The van der Waals surface area contributed by atoms with Crippen LogP contribution >= 0.6 is 7.75 Å². The van der Waals surface area contributed by atoms with E-state index in [0.717, 1.165) is 17.5 Å². The van der Waals surface area contributed by atoms with Crippen LogP contribution in [-0.4, -0.2) is 30.8 Å². The van der Waals surface area contributed by atoms with Crippen LogP contribution in [0.1, 0.15) is 33.6 Å². The Morgan fingerprint density at radius 2 is 1.93 bits per heavy atom. The van der Waals surface area contributed by atoms with Crippen molar-refractivity contribution in [3.8, 4) is 0 Å². The molecule has 0 aromatic rings. The Hall–Kier alpha value is -0.380. The van der Waals surface area contributed by atoms with Crippen LogP contribution in [0.15, 0.2) is 0 Å². The Balaban J connectivity index is 4.42. The zero-order chi connectivity index (χ0) is 11.7. The maximum atomic E-state index is 12.1. The summed E-state index contributed by atoms with van der Waals surface area (Å²) in [4.78, 5) is 10.7. The van der Waals surface area contributed by atoms with E-state index in [-0.39, 0.29) is 6.61 Å². The minimum absolute atomic E-state index is 0.258. The molecule has 0 aliphatic heterocycles. The molecular formula is C9H20NO4P. The third-order valence-electron chi connectivity index (χ3n) is 1.80. The highest BCUT2D eigenvalue weighted by Crippen LogP contribution is 2.50. The van der Waals surface area contributed by atoms with Crippen molar-refractivity contribution in [3.63, 3.8) is 0 Å². The number of carbonyl (C=O) groups excluding carboxylic acids is 1. The Labute approximate surface area is 91.3 Å². The number of unbranched alkanes of at least 4 members (excludes halogenated alkanes) is 1. The molecule has 0 heterocycles. The molecule has 5 nitrogen and oxygen atoms in total. The molecule has 6 heteroatoms. The summed E-state index contributed by atoms with van der Waals surface area (Å²) < 4.78 is 23.4.